The van der Waals surface area contributed by atoms with Gasteiger partial charge in [0, 0.05) is 22.9 Å². The molecule has 1 aromatic heterocycles. The average molecular weight is 296 g/mol. The van der Waals surface area contributed by atoms with Crippen LogP contribution in [0.25, 0.3) is 11.0 Å². The molecule has 5 nitrogen and oxygen atoms in total. The Hall–Kier alpha value is -2.01. The van der Waals surface area contributed by atoms with E-state index in [1.54, 1.807) is 31.2 Å². The van der Waals surface area contributed by atoms with E-state index < -0.39 is 5.97 Å². The molecule has 2 aromatic rings. The summed E-state index contributed by atoms with van der Waals surface area (Å²) in [6.45, 7) is 1.75. The lowest BCUT2D eigenvalue weighted by molar-refractivity contribution is -0.137. The van der Waals surface area contributed by atoms with Crippen LogP contribution >= 0.6 is 11.6 Å². The number of carboxylic acids is 1. The van der Waals surface area contributed by atoms with Crippen LogP contribution < -0.4 is 5.32 Å². The van der Waals surface area contributed by atoms with Gasteiger partial charge in [0.1, 0.15) is 5.58 Å². The molecule has 1 unspecified atom stereocenters. The Bertz CT molecular complexity index is 650. The highest BCUT2D eigenvalue weighted by atomic mass is 35.5. The molecule has 2 rings (SSSR count). The molecule has 0 aliphatic carbocycles. The number of furan rings is 1. The summed E-state index contributed by atoms with van der Waals surface area (Å²) in [5.74, 6) is -1.07. The highest BCUT2D eigenvalue weighted by molar-refractivity contribution is 6.31. The van der Waals surface area contributed by atoms with E-state index in [1.165, 1.54) is 0 Å². The lowest BCUT2D eigenvalue weighted by Crippen LogP contribution is -2.32. The average Bonchev–Trinajstić information content (AvgIpc) is 2.79. The first-order chi connectivity index (χ1) is 9.45. The third kappa shape index (κ3) is 3.51. The molecule has 1 heterocycles. The van der Waals surface area contributed by atoms with Gasteiger partial charge in [-0.05, 0) is 37.6 Å². The first-order valence-electron chi connectivity index (χ1n) is 6.17. The maximum absolute atomic E-state index is 12.0. The molecule has 0 aliphatic heterocycles. The van der Waals surface area contributed by atoms with Crippen molar-refractivity contribution in [2.24, 2.45) is 0 Å². The Kier molecular flexibility index (Phi) is 4.29. The summed E-state index contributed by atoms with van der Waals surface area (Å²) in [5.41, 5.74) is 0.581. The number of carbonyl (C=O) groups is 2. The number of fused-ring (bicyclic) bond motifs is 1. The number of carbonyl (C=O) groups excluding carboxylic acids is 1. The molecule has 0 saturated heterocycles. The SMILES string of the molecule is CC(CCC(=O)O)NC(=O)c1cc2cc(Cl)ccc2o1. The molecule has 6 heteroatoms. The van der Waals surface area contributed by atoms with E-state index >= 15 is 0 Å². The summed E-state index contributed by atoms with van der Waals surface area (Å²) in [6, 6.07) is 6.47. The molecule has 1 atom stereocenters. The van der Waals surface area contributed by atoms with Crippen molar-refractivity contribution in [1.82, 2.24) is 5.32 Å². The van der Waals surface area contributed by atoms with E-state index in [1.807, 2.05) is 0 Å². The predicted octanol–water partition coefficient (Wildman–Crippen LogP) is 3.07. The third-order valence-corrected chi connectivity index (χ3v) is 3.11. The van der Waals surface area contributed by atoms with E-state index in [0.29, 0.717) is 17.0 Å². The molecule has 106 valence electrons. The van der Waals surface area contributed by atoms with Crippen molar-refractivity contribution in [1.29, 1.82) is 0 Å². The van der Waals surface area contributed by atoms with E-state index in [9.17, 15) is 9.59 Å². The second kappa shape index (κ2) is 5.96. The Morgan fingerprint density at radius 2 is 2.15 bits per heavy atom. The van der Waals surface area contributed by atoms with Crippen LogP contribution in [0, 0.1) is 0 Å². The Labute approximate surface area is 120 Å². The lowest BCUT2D eigenvalue weighted by Gasteiger charge is -2.10. The molecule has 0 spiro atoms. The number of amides is 1. The fourth-order valence-corrected chi connectivity index (χ4v) is 2.01. The quantitative estimate of drug-likeness (QED) is 0.888. The standard InChI is InChI=1S/C14H14ClNO4/c1-8(2-5-13(17)18)16-14(19)12-7-9-6-10(15)3-4-11(9)20-12/h3-4,6-8H,2,5H2,1H3,(H,16,19)(H,17,18). The summed E-state index contributed by atoms with van der Waals surface area (Å²) in [6.07, 6.45) is 0.379. The van der Waals surface area contributed by atoms with Crippen molar-refractivity contribution in [2.45, 2.75) is 25.8 Å². The van der Waals surface area contributed by atoms with Gasteiger partial charge < -0.3 is 14.8 Å². The number of hydrogen-bond acceptors (Lipinski definition) is 3. The van der Waals surface area contributed by atoms with Crippen molar-refractivity contribution in [2.75, 3.05) is 0 Å². The van der Waals surface area contributed by atoms with Crippen LogP contribution in [0.5, 0.6) is 0 Å². The van der Waals surface area contributed by atoms with Gasteiger partial charge in [-0.2, -0.15) is 0 Å². The van der Waals surface area contributed by atoms with Crippen LogP contribution in [0.1, 0.15) is 30.3 Å². The summed E-state index contributed by atoms with van der Waals surface area (Å²) >= 11 is 5.86. The van der Waals surface area contributed by atoms with Gasteiger partial charge in [0.15, 0.2) is 5.76 Å². The number of hydrogen-bond donors (Lipinski definition) is 2. The Morgan fingerprint density at radius 1 is 1.40 bits per heavy atom. The second-order valence-corrected chi connectivity index (χ2v) is 5.04. The van der Waals surface area contributed by atoms with E-state index in [4.69, 9.17) is 21.1 Å². The van der Waals surface area contributed by atoms with Gasteiger partial charge in [0.05, 0.1) is 0 Å². The van der Waals surface area contributed by atoms with Crippen molar-refractivity contribution >= 4 is 34.4 Å². The fraction of sp³-hybridized carbons (Fsp3) is 0.286. The zero-order valence-electron chi connectivity index (χ0n) is 10.9. The molecule has 1 aromatic carbocycles. The monoisotopic (exact) mass is 295 g/mol. The maximum atomic E-state index is 12.0. The van der Waals surface area contributed by atoms with Crippen LogP contribution in [-0.2, 0) is 4.79 Å². The minimum Gasteiger partial charge on any atom is -0.481 e. The highest BCUT2D eigenvalue weighted by Gasteiger charge is 2.15. The van der Waals surface area contributed by atoms with Crippen molar-refractivity contribution in [3.63, 3.8) is 0 Å². The lowest BCUT2D eigenvalue weighted by atomic mass is 10.2. The maximum Gasteiger partial charge on any atom is 0.303 e. The summed E-state index contributed by atoms with van der Waals surface area (Å²) in [4.78, 5) is 22.4. The predicted molar refractivity (Wildman–Crippen MR) is 75.0 cm³/mol. The minimum absolute atomic E-state index is 0.0111. The van der Waals surface area contributed by atoms with Gasteiger partial charge >= 0.3 is 5.97 Å². The minimum atomic E-state index is -0.885. The van der Waals surface area contributed by atoms with Gasteiger partial charge in [-0.15, -0.1) is 0 Å². The third-order valence-electron chi connectivity index (χ3n) is 2.87. The Morgan fingerprint density at radius 3 is 2.85 bits per heavy atom. The normalized spacial score (nSPS) is 12.3. The largest absolute Gasteiger partial charge is 0.481 e. The zero-order chi connectivity index (χ0) is 14.7. The molecule has 0 fully saturated rings. The molecular formula is C14H14ClNO4. The second-order valence-electron chi connectivity index (χ2n) is 4.60. The van der Waals surface area contributed by atoms with Gasteiger partial charge in [0.25, 0.3) is 5.91 Å². The number of rotatable bonds is 5. The molecule has 1 amide bonds. The van der Waals surface area contributed by atoms with Crippen LogP contribution in [0.4, 0.5) is 0 Å². The molecule has 0 aliphatic rings. The van der Waals surface area contributed by atoms with Gasteiger partial charge in [-0.1, -0.05) is 11.6 Å². The molecule has 2 N–H and O–H groups in total. The van der Waals surface area contributed by atoms with Gasteiger partial charge in [-0.3, -0.25) is 9.59 Å². The van der Waals surface area contributed by atoms with Crippen LogP contribution in [-0.4, -0.2) is 23.0 Å². The topological polar surface area (TPSA) is 79.5 Å². The number of benzene rings is 1. The van der Waals surface area contributed by atoms with E-state index in [-0.39, 0.29) is 24.1 Å². The van der Waals surface area contributed by atoms with Gasteiger partial charge in [-0.25, -0.2) is 0 Å². The van der Waals surface area contributed by atoms with Crippen LogP contribution in [0.3, 0.4) is 0 Å². The summed E-state index contributed by atoms with van der Waals surface area (Å²) in [5, 5.41) is 12.6. The summed E-state index contributed by atoms with van der Waals surface area (Å²) in [7, 11) is 0. The van der Waals surface area contributed by atoms with Crippen molar-refractivity contribution < 1.29 is 19.1 Å². The molecule has 0 radical (unpaired) electrons. The smallest absolute Gasteiger partial charge is 0.303 e. The number of carboxylic acid groups (broad SMARTS) is 1. The molecular weight excluding hydrogens is 282 g/mol. The van der Waals surface area contributed by atoms with E-state index in [2.05, 4.69) is 5.32 Å². The molecule has 0 saturated carbocycles. The van der Waals surface area contributed by atoms with E-state index in [0.717, 1.165) is 5.39 Å². The van der Waals surface area contributed by atoms with Crippen LogP contribution in [0.2, 0.25) is 5.02 Å². The number of halogens is 1. The van der Waals surface area contributed by atoms with Gasteiger partial charge in [0.2, 0.25) is 0 Å². The molecule has 0 bridgehead atoms. The highest BCUT2D eigenvalue weighted by Crippen LogP contribution is 2.23. The Balaban J connectivity index is 2.05. The zero-order valence-corrected chi connectivity index (χ0v) is 11.6. The van der Waals surface area contributed by atoms with Crippen molar-refractivity contribution in [3.05, 3.63) is 35.0 Å². The number of nitrogens with one attached hydrogen (secondary N) is 1. The van der Waals surface area contributed by atoms with Crippen molar-refractivity contribution in [3.8, 4) is 0 Å². The first-order valence-corrected chi connectivity index (χ1v) is 6.55. The molecule has 20 heavy (non-hydrogen) atoms. The fourth-order valence-electron chi connectivity index (χ4n) is 1.83. The summed E-state index contributed by atoms with van der Waals surface area (Å²) < 4.78 is 5.42. The number of aliphatic carboxylic acids is 1. The first kappa shape index (κ1) is 14.4. The van der Waals surface area contributed by atoms with Crippen LogP contribution in [0.15, 0.2) is 28.7 Å².